The minimum atomic E-state index is -0.318. The molecule has 3 rings (SSSR count). The Hall–Kier alpha value is 1.82. The third-order valence-electron chi connectivity index (χ3n) is 2.91. The van der Waals surface area contributed by atoms with E-state index in [1.807, 2.05) is 0 Å². The SMILES string of the molecule is [C-]1=[Sb][CH]=[CH][SbH]1.[CH-]=[Sb][CH]=[CH][SbH].[Zr+2].c1ccc(CCc2ccccc2)cc1. The fraction of sp³-hybridized carbons (Fsp3) is 0.100. The number of hydrogen-bond acceptors (Lipinski definition) is 0. The molecule has 0 fully saturated rings. The topological polar surface area (TPSA) is 0 Å². The van der Waals surface area contributed by atoms with Gasteiger partial charge in [-0.3, -0.25) is 0 Å². The maximum absolute atomic E-state index is 5.22. The van der Waals surface area contributed by atoms with Crippen molar-refractivity contribution in [1.29, 1.82) is 0 Å². The smallest absolute Gasteiger partial charge is 0.0622 e. The summed E-state index contributed by atoms with van der Waals surface area (Å²) in [6, 6.07) is 21.2. The van der Waals surface area contributed by atoms with Crippen LogP contribution in [0.15, 0.2) is 76.8 Å². The van der Waals surface area contributed by atoms with E-state index >= 15 is 0 Å². The summed E-state index contributed by atoms with van der Waals surface area (Å²) in [6.07, 6.45) is 2.26. The summed E-state index contributed by atoms with van der Waals surface area (Å²) in [5.41, 5.74) is 2.83. The monoisotopic (exact) mass is 835 g/mol. The van der Waals surface area contributed by atoms with E-state index in [2.05, 4.69) is 78.7 Å². The van der Waals surface area contributed by atoms with E-state index in [-0.39, 0.29) is 90.1 Å². The van der Waals surface area contributed by atoms with Gasteiger partial charge in [0.25, 0.3) is 0 Å². The molecular formula is C20H21Sb4Zr. The van der Waals surface area contributed by atoms with Crippen LogP contribution in [0.25, 0.3) is 0 Å². The van der Waals surface area contributed by atoms with Crippen molar-refractivity contribution in [3.63, 3.8) is 0 Å². The molecule has 25 heavy (non-hydrogen) atoms. The summed E-state index contributed by atoms with van der Waals surface area (Å²) in [5.74, 6) is 0. The molecule has 0 unspecified atom stereocenters. The Balaban J connectivity index is 0.000000435. The van der Waals surface area contributed by atoms with Crippen LogP contribution in [-0.4, -0.2) is 93.3 Å². The first-order chi connectivity index (χ1) is 11.9. The van der Waals surface area contributed by atoms with Gasteiger partial charge in [0.15, 0.2) is 0 Å². The Labute approximate surface area is 216 Å². The number of aryl methyl sites for hydroxylation is 2. The van der Waals surface area contributed by atoms with Gasteiger partial charge in [-0.05, 0) is 24.0 Å². The fourth-order valence-electron chi connectivity index (χ4n) is 1.81. The quantitative estimate of drug-likeness (QED) is 0.328. The standard InChI is InChI=1S/C14H14.2C2H2.CH.C.4Sb.Zr.2H/c1-3-7-13(8-4-1)11-12-14-9-5-2-6-10-14;2*1-2;;;;;;;;;/h1-10H,11-12H2;2*1-2H;1H;;;;;;;;/q;;;2*-1;;;;;+2;;. The van der Waals surface area contributed by atoms with E-state index < -0.39 is 0 Å². The van der Waals surface area contributed by atoms with Gasteiger partial charge in [-0.2, -0.15) is 0 Å². The molecule has 0 aromatic heterocycles. The van der Waals surface area contributed by atoms with Crippen LogP contribution < -0.4 is 0 Å². The van der Waals surface area contributed by atoms with E-state index in [0.717, 1.165) is 12.8 Å². The molecule has 0 saturated heterocycles. The molecule has 0 bridgehead atoms. The van der Waals surface area contributed by atoms with E-state index in [1.165, 1.54) is 34.1 Å². The maximum atomic E-state index is 5.22. The average molecular weight is 840 g/mol. The molecule has 125 valence electrons. The van der Waals surface area contributed by atoms with Crippen molar-refractivity contribution in [3.05, 3.63) is 87.9 Å². The normalized spacial score (nSPS) is 10.9. The molecule has 1 radical (unpaired) electrons. The van der Waals surface area contributed by atoms with Crippen LogP contribution in [-0.2, 0) is 39.0 Å². The molecule has 0 aliphatic carbocycles. The minimum absolute atomic E-state index is 0. The van der Waals surface area contributed by atoms with E-state index in [0.29, 0.717) is 0 Å². The van der Waals surface area contributed by atoms with Crippen molar-refractivity contribution in [1.82, 2.24) is 0 Å². The molecule has 2 aromatic carbocycles. The van der Waals surface area contributed by atoms with Gasteiger partial charge in [0, 0.05) is 0 Å². The third-order valence-corrected chi connectivity index (χ3v) is 16.5. The molecule has 5 heteroatoms. The van der Waals surface area contributed by atoms with Crippen LogP contribution in [0.1, 0.15) is 11.1 Å². The second kappa shape index (κ2) is 20.5. The zero-order valence-electron chi connectivity index (χ0n) is 14.0. The van der Waals surface area contributed by atoms with Gasteiger partial charge < -0.3 is 0 Å². The van der Waals surface area contributed by atoms with Gasteiger partial charge in [0.1, 0.15) is 0 Å². The Morgan fingerprint density at radius 1 is 1.00 bits per heavy atom. The van der Waals surface area contributed by atoms with Crippen LogP contribution >= 0.6 is 0 Å². The van der Waals surface area contributed by atoms with Crippen molar-refractivity contribution in [2.24, 2.45) is 0 Å². The summed E-state index contributed by atoms with van der Waals surface area (Å²) < 4.78 is 17.5. The first-order valence-electron chi connectivity index (χ1n) is 7.52. The van der Waals surface area contributed by atoms with Crippen LogP contribution in [0.5, 0.6) is 0 Å². The molecule has 1 heterocycles. The second-order valence-corrected chi connectivity index (χ2v) is 15.6. The summed E-state index contributed by atoms with van der Waals surface area (Å²) in [4.78, 5) is 0. The van der Waals surface area contributed by atoms with E-state index in [4.69, 9.17) is 4.45 Å². The molecule has 0 amide bonds. The van der Waals surface area contributed by atoms with Crippen LogP contribution in [0.4, 0.5) is 0 Å². The number of hydrogen-bond donors (Lipinski definition) is 0. The van der Waals surface area contributed by atoms with Crippen molar-refractivity contribution in [2.75, 3.05) is 0 Å². The first-order valence-corrected chi connectivity index (χ1v) is 17.9. The molecule has 2 aromatic rings. The van der Waals surface area contributed by atoms with Crippen LogP contribution in [0.2, 0.25) is 0 Å². The molecule has 1 aliphatic heterocycles. The van der Waals surface area contributed by atoms with Crippen LogP contribution in [0.3, 0.4) is 0 Å². The van der Waals surface area contributed by atoms with Crippen molar-refractivity contribution < 1.29 is 26.2 Å². The summed E-state index contributed by atoms with van der Waals surface area (Å²) in [7, 11) is 0. The molecule has 0 saturated carbocycles. The summed E-state index contributed by atoms with van der Waals surface area (Å²) in [6.45, 7) is 0. The van der Waals surface area contributed by atoms with Crippen molar-refractivity contribution in [2.45, 2.75) is 12.8 Å². The van der Waals surface area contributed by atoms with Crippen LogP contribution in [0, 0.1) is 0 Å². The zero-order valence-corrected chi connectivity index (χ0v) is 27.2. The van der Waals surface area contributed by atoms with Gasteiger partial charge >= 0.3 is 136 Å². The summed E-state index contributed by atoms with van der Waals surface area (Å²) >= 11 is 1.22. The number of rotatable bonds is 4. The number of benzene rings is 2. The Bertz CT molecular complexity index is 585. The second-order valence-electron chi connectivity index (χ2n) is 4.64. The van der Waals surface area contributed by atoms with Gasteiger partial charge in [-0.25, -0.2) is 0 Å². The fourth-order valence-corrected chi connectivity index (χ4v) is 11.9. The van der Waals surface area contributed by atoms with Gasteiger partial charge in [0.2, 0.25) is 0 Å². The Morgan fingerprint density at radius 2 is 1.52 bits per heavy atom. The predicted molar refractivity (Wildman–Crippen MR) is 115 cm³/mol. The first kappa shape index (κ1) is 26.8. The molecule has 0 atom stereocenters. The maximum Gasteiger partial charge on any atom is 2.00 e. The minimum Gasteiger partial charge on any atom is -0.0622 e. The summed E-state index contributed by atoms with van der Waals surface area (Å²) in [5, 5.41) is 0. The Morgan fingerprint density at radius 3 is 1.76 bits per heavy atom. The molecule has 0 N–H and O–H groups in total. The largest absolute Gasteiger partial charge is 2.00 e. The third kappa shape index (κ3) is 16.5. The van der Waals surface area contributed by atoms with Crippen molar-refractivity contribution in [3.8, 4) is 0 Å². The van der Waals surface area contributed by atoms with Crippen molar-refractivity contribution >= 4 is 93.3 Å². The van der Waals surface area contributed by atoms with E-state index in [9.17, 15) is 0 Å². The predicted octanol–water partition coefficient (Wildman–Crippen LogP) is 2.09. The van der Waals surface area contributed by atoms with Gasteiger partial charge in [0.05, 0.1) is 0 Å². The zero-order chi connectivity index (χ0) is 17.3. The molecule has 0 spiro atoms. The molecular weight excluding hydrogens is 818 g/mol. The molecule has 0 nitrogen and oxygen atoms in total. The average Bonchev–Trinajstić information content (AvgIpc) is 3.23. The Kier molecular flexibility index (Phi) is 22.0. The molecule has 1 aliphatic rings. The van der Waals surface area contributed by atoms with Gasteiger partial charge in [-0.15, -0.1) is 0 Å². The van der Waals surface area contributed by atoms with Gasteiger partial charge in [-0.1, -0.05) is 60.7 Å². The van der Waals surface area contributed by atoms with E-state index in [1.54, 1.807) is 0 Å².